The van der Waals surface area contributed by atoms with Crippen molar-refractivity contribution < 1.29 is 14.6 Å². The monoisotopic (exact) mass is 356 g/mol. The molecule has 0 aromatic carbocycles. The zero-order chi connectivity index (χ0) is 18.2. The molecule has 0 aromatic rings. The van der Waals surface area contributed by atoms with E-state index in [2.05, 4.69) is 53.1 Å². The summed E-state index contributed by atoms with van der Waals surface area (Å²) in [5, 5.41) is 14.5. The standard InChI is InChI=1S/C18H36O3Si2/c1-13(2)18(19)16(22(5,6)7)14(11-20-3)15(12-21-4)17(18)23(8,9)10/h13,19H,11-12H2,1-10H3. The average molecular weight is 357 g/mol. The number of rotatable bonds is 7. The third-order valence-electron chi connectivity index (χ3n) is 4.64. The minimum Gasteiger partial charge on any atom is -0.382 e. The molecule has 1 aliphatic rings. The smallest absolute Gasteiger partial charge is 0.103 e. The van der Waals surface area contributed by atoms with Gasteiger partial charge in [-0.15, -0.1) is 0 Å². The van der Waals surface area contributed by atoms with Gasteiger partial charge in [0.2, 0.25) is 0 Å². The van der Waals surface area contributed by atoms with Gasteiger partial charge in [0, 0.05) is 14.2 Å². The van der Waals surface area contributed by atoms with Crippen LogP contribution in [0.4, 0.5) is 0 Å². The molecular formula is C18H36O3Si2. The number of methoxy groups -OCH3 is 2. The molecule has 1 rings (SSSR count). The van der Waals surface area contributed by atoms with Crippen molar-refractivity contribution in [3.8, 4) is 0 Å². The van der Waals surface area contributed by atoms with Crippen molar-refractivity contribution in [3.63, 3.8) is 0 Å². The lowest BCUT2D eigenvalue weighted by Gasteiger charge is -2.43. The van der Waals surface area contributed by atoms with Crippen LogP contribution in [0.25, 0.3) is 0 Å². The van der Waals surface area contributed by atoms with Crippen molar-refractivity contribution in [2.24, 2.45) is 5.92 Å². The van der Waals surface area contributed by atoms with Gasteiger partial charge in [-0.1, -0.05) is 53.1 Å². The van der Waals surface area contributed by atoms with Crippen LogP contribution in [-0.2, 0) is 9.47 Å². The van der Waals surface area contributed by atoms with Gasteiger partial charge in [-0.2, -0.15) is 0 Å². The molecular weight excluding hydrogens is 320 g/mol. The minimum atomic E-state index is -1.74. The number of aliphatic hydroxyl groups is 1. The fraction of sp³-hybridized carbons (Fsp3) is 0.778. The van der Waals surface area contributed by atoms with E-state index in [1.165, 1.54) is 21.5 Å². The van der Waals surface area contributed by atoms with Gasteiger partial charge in [-0.3, -0.25) is 0 Å². The Morgan fingerprint density at radius 2 is 1.13 bits per heavy atom. The van der Waals surface area contributed by atoms with Gasteiger partial charge in [0.1, 0.15) is 5.60 Å². The van der Waals surface area contributed by atoms with Gasteiger partial charge >= 0.3 is 0 Å². The van der Waals surface area contributed by atoms with Crippen molar-refractivity contribution in [2.45, 2.75) is 58.7 Å². The van der Waals surface area contributed by atoms with E-state index in [4.69, 9.17) is 9.47 Å². The fourth-order valence-electron chi connectivity index (χ4n) is 4.12. The first kappa shape index (κ1) is 20.8. The maximum atomic E-state index is 12.0. The van der Waals surface area contributed by atoms with Crippen LogP contribution in [0.5, 0.6) is 0 Å². The molecule has 0 bridgehead atoms. The molecule has 0 saturated heterocycles. The Kier molecular flexibility index (Phi) is 6.31. The van der Waals surface area contributed by atoms with E-state index in [0.29, 0.717) is 13.2 Å². The summed E-state index contributed by atoms with van der Waals surface area (Å²) in [6.45, 7) is 19.3. The summed E-state index contributed by atoms with van der Waals surface area (Å²) in [5.74, 6) is 0.146. The Labute approximate surface area is 144 Å². The van der Waals surface area contributed by atoms with E-state index >= 15 is 0 Å². The average Bonchev–Trinajstić information content (AvgIpc) is 2.60. The van der Waals surface area contributed by atoms with Crippen molar-refractivity contribution >= 4 is 16.1 Å². The molecule has 1 aliphatic carbocycles. The third kappa shape index (κ3) is 3.74. The van der Waals surface area contributed by atoms with Crippen molar-refractivity contribution in [1.29, 1.82) is 0 Å². The second kappa shape index (κ2) is 6.96. The topological polar surface area (TPSA) is 38.7 Å². The SMILES string of the molecule is COCC1=C([Si](C)(C)C)C(O)(C(C)C)C([Si](C)(C)C)=C1COC. The normalized spacial score (nSPS) is 19.3. The van der Waals surface area contributed by atoms with E-state index < -0.39 is 21.7 Å². The van der Waals surface area contributed by atoms with E-state index in [0.717, 1.165) is 0 Å². The van der Waals surface area contributed by atoms with Crippen molar-refractivity contribution in [3.05, 3.63) is 21.5 Å². The lowest BCUT2D eigenvalue weighted by Crippen LogP contribution is -2.51. The van der Waals surface area contributed by atoms with Gasteiger partial charge in [0.25, 0.3) is 0 Å². The van der Waals surface area contributed by atoms with Crippen LogP contribution < -0.4 is 0 Å². The molecule has 0 heterocycles. The van der Waals surface area contributed by atoms with Gasteiger partial charge in [-0.25, -0.2) is 0 Å². The zero-order valence-corrected chi connectivity index (χ0v) is 18.8. The quantitative estimate of drug-likeness (QED) is 0.700. The molecule has 5 heteroatoms. The van der Waals surface area contributed by atoms with Gasteiger partial charge in [-0.05, 0) is 27.5 Å². The lowest BCUT2D eigenvalue weighted by atomic mass is 9.91. The van der Waals surface area contributed by atoms with Gasteiger partial charge < -0.3 is 14.6 Å². The second-order valence-corrected chi connectivity index (χ2v) is 19.0. The molecule has 0 saturated carbocycles. The van der Waals surface area contributed by atoms with Crippen LogP contribution in [0.3, 0.4) is 0 Å². The van der Waals surface area contributed by atoms with Crippen LogP contribution in [0.1, 0.15) is 13.8 Å². The molecule has 1 N–H and O–H groups in total. The minimum absolute atomic E-state index is 0.146. The highest BCUT2D eigenvalue weighted by atomic mass is 28.3. The Balaban J connectivity index is 3.84. The summed E-state index contributed by atoms with van der Waals surface area (Å²) < 4.78 is 11.1. The zero-order valence-electron chi connectivity index (χ0n) is 16.8. The van der Waals surface area contributed by atoms with Crippen LogP contribution in [-0.4, -0.2) is 54.3 Å². The highest BCUT2D eigenvalue weighted by Crippen LogP contribution is 2.51. The molecule has 0 atom stereocenters. The van der Waals surface area contributed by atoms with Crippen molar-refractivity contribution in [1.82, 2.24) is 0 Å². The van der Waals surface area contributed by atoms with Crippen LogP contribution >= 0.6 is 0 Å². The maximum absolute atomic E-state index is 12.0. The molecule has 0 fully saturated rings. The fourth-order valence-corrected chi connectivity index (χ4v) is 9.62. The second-order valence-electron chi connectivity index (χ2n) is 8.99. The molecule has 0 spiro atoms. The molecule has 0 radical (unpaired) electrons. The number of hydrogen-bond donors (Lipinski definition) is 1. The summed E-state index contributed by atoms with van der Waals surface area (Å²) in [4.78, 5) is 0. The Hall–Kier alpha value is -0.206. The summed E-state index contributed by atoms with van der Waals surface area (Å²) in [5.41, 5.74) is 1.58. The molecule has 134 valence electrons. The summed E-state index contributed by atoms with van der Waals surface area (Å²) in [7, 11) is -0.00631. The molecule has 0 aliphatic heterocycles. The lowest BCUT2D eigenvalue weighted by molar-refractivity contribution is 0.0811. The Bertz CT molecular complexity index is 465. The van der Waals surface area contributed by atoms with E-state index in [1.54, 1.807) is 14.2 Å². The first-order chi connectivity index (χ1) is 10.3. The highest BCUT2D eigenvalue weighted by Gasteiger charge is 2.54. The Morgan fingerprint density at radius 3 is 1.30 bits per heavy atom. The number of hydrogen-bond acceptors (Lipinski definition) is 3. The van der Waals surface area contributed by atoms with E-state index in [-0.39, 0.29) is 5.92 Å². The van der Waals surface area contributed by atoms with Crippen molar-refractivity contribution in [2.75, 3.05) is 27.4 Å². The summed E-state index contributed by atoms with van der Waals surface area (Å²) in [6, 6.07) is 0. The Morgan fingerprint density at radius 1 is 0.826 bits per heavy atom. The first-order valence-corrected chi connectivity index (χ1v) is 15.5. The predicted octanol–water partition coefficient (Wildman–Crippen LogP) is 4.03. The van der Waals surface area contributed by atoms with Gasteiger partial charge in [0.05, 0.1) is 29.4 Å². The van der Waals surface area contributed by atoms with Crippen LogP contribution in [0.2, 0.25) is 39.3 Å². The maximum Gasteiger partial charge on any atom is 0.103 e. The largest absolute Gasteiger partial charge is 0.382 e. The number of ether oxygens (including phenoxy) is 2. The molecule has 0 unspecified atom stereocenters. The predicted molar refractivity (Wildman–Crippen MR) is 104 cm³/mol. The molecule has 0 aromatic heterocycles. The van der Waals surface area contributed by atoms with E-state index in [9.17, 15) is 5.11 Å². The molecule has 23 heavy (non-hydrogen) atoms. The third-order valence-corrected chi connectivity index (χ3v) is 9.01. The highest BCUT2D eigenvalue weighted by molar-refractivity contribution is 6.87. The molecule has 0 amide bonds. The summed E-state index contributed by atoms with van der Waals surface area (Å²) >= 11 is 0. The molecule has 3 nitrogen and oxygen atoms in total. The first-order valence-electron chi connectivity index (χ1n) is 8.52. The van der Waals surface area contributed by atoms with Crippen LogP contribution in [0, 0.1) is 5.92 Å². The van der Waals surface area contributed by atoms with Crippen LogP contribution in [0.15, 0.2) is 21.5 Å². The summed E-state index contributed by atoms with van der Waals surface area (Å²) in [6.07, 6.45) is 0. The van der Waals surface area contributed by atoms with Gasteiger partial charge in [0.15, 0.2) is 0 Å². The van der Waals surface area contributed by atoms with E-state index in [1.807, 2.05) is 0 Å².